The van der Waals surface area contributed by atoms with Crippen molar-refractivity contribution >= 4 is 57.8 Å². The molecule has 4 aliphatic heterocycles. The van der Waals surface area contributed by atoms with E-state index in [4.69, 9.17) is 0 Å². The number of nitrogens with one attached hydrogen (secondary N) is 2. The third kappa shape index (κ3) is 7.33. The Hall–Kier alpha value is -4.94. The van der Waals surface area contributed by atoms with E-state index in [0.29, 0.717) is 31.0 Å². The Labute approximate surface area is 356 Å². The van der Waals surface area contributed by atoms with Gasteiger partial charge in [-0.2, -0.15) is 0 Å². The number of hydrogen-bond donors (Lipinski definition) is 2. The number of carbonyl (C=O) groups is 5. The number of hydrogen-bond acceptors (Lipinski definition) is 8. The highest BCUT2D eigenvalue weighted by Crippen LogP contribution is 2.46. The lowest BCUT2D eigenvalue weighted by Crippen LogP contribution is -2.54. The molecule has 11 nitrogen and oxygen atoms in total. The van der Waals surface area contributed by atoms with Crippen molar-refractivity contribution < 1.29 is 24.0 Å². The smallest absolute Gasteiger partial charge is 0.255 e. The van der Waals surface area contributed by atoms with Gasteiger partial charge in [-0.25, -0.2) is 0 Å². The van der Waals surface area contributed by atoms with Crippen LogP contribution < -0.4 is 10.2 Å². The first-order chi connectivity index (χ1) is 29.0. The van der Waals surface area contributed by atoms with Crippen LogP contribution in [0, 0.1) is 0 Å². The zero-order valence-electron chi connectivity index (χ0n) is 35.1. The summed E-state index contributed by atoms with van der Waals surface area (Å²) in [5.41, 5.74) is 8.58. The number of imide groups is 1. The molecule has 3 saturated heterocycles. The predicted octanol–water partition coefficient (Wildman–Crippen LogP) is 6.83. The number of nitrogens with zero attached hydrogens (tertiary/aromatic N) is 4. The summed E-state index contributed by atoms with van der Waals surface area (Å²) in [4.78, 5) is 78.0. The summed E-state index contributed by atoms with van der Waals surface area (Å²) >= 11 is 1.73. The Morgan fingerprint density at radius 3 is 2.42 bits per heavy atom. The van der Waals surface area contributed by atoms with Gasteiger partial charge in [0.05, 0.1) is 5.56 Å². The molecule has 1 atom stereocenters. The fourth-order valence-electron chi connectivity index (χ4n) is 10.4. The van der Waals surface area contributed by atoms with Gasteiger partial charge in [0.2, 0.25) is 17.7 Å². The van der Waals surface area contributed by atoms with Crippen LogP contribution in [-0.2, 0) is 32.8 Å². The number of anilines is 1. The second-order valence-electron chi connectivity index (χ2n) is 17.7. The summed E-state index contributed by atoms with van der Waals surface area (Å²) < 4.78 is 0. The lowest BCUT2D eigenvalue weighted by atomic mass is 9.70. The minimum atomic E-state index is -0.611. The second kappa shape index (κ2) is 16.5. The predicted molar refractivity (Wildman–Crippen MR) is 235 cm³/mol. The molecule has 0 spiro atoms. The molecule has 5 heterocycles. The number of carbonyl (C=O) groups excluding carboxylic acids is 5. The van der Waals surface area contributed by atoms with Gasteiger partial charge in [0, 0.05) is 108 Å². The molecule has 4 amide bonds. The van der Waals surface area contributed by atoms with Crippen LogP contribution in [0.15, 0.2) is 59.5 Å². The number of benzene rings is 3. The van der Waals surface area contributed by atoms with Crippen LogP contribution in [0.1, 0.15) is 121 Å². The highest BCUT2D eigenvalue weighted by molar-refractivity contribution is 7.99. The standard InChI is InChI=1S/C48H56N6O5S/c1-4-30-27-34-36(48(2,3)45-43(44(34)57)33-11-7-8-13-37(33)49-45)28-39(30)52-20-18-31(19-21-52)51-22-24-53(25-23-51)42(56)15-6-5-9-26-60-40-14-10-12-32-35(40)29-54(47(32)59)38-16-17-41(55)50-46(38)58/h7-8,10-14,27-28,31,38,49H,4-6,9,15-26,29H2,1-3H3,(H,50,55,58). The summed E-state index contributed by atoms with van der Waals surface area (Å²) in [7, 11) is 0. The largest absolute Gasteiger partial charge is 0.371 e. The van der Waals surface area contributed by atoms with Crippen molar-refractivity contribution in [2.75, 3.05) is 49.9 Å². The molecule has 12 heteroatoms. The van der Waals surface area contributed by atoms with E-state index in [2.05, 4.69) is 70.0 Å². The molecule has 60 heavy (non-hydrogen) atoms. The van der Waals surface area contributed by atoms with Crippen molar-refractivity contribution in [3.8, 4) is 0 Å². The van der Waals surface area contributed by atoms with Crippen LogP contribution in [0.5, 0.6) is 0 Å². The molecule has 1 aromatic heterocycles. The van der Waals surface area contributed by atoms with Gasteiger partial charge in [-0.15, -0.1) is 11.8 Å². The molecule has 1 unspecified atom stereocenters. The zero-order chi connectivity index (χ0) is 41.7. The number of aromatic nitrogens is 1. The molecule has 2 N–H and O–H groups in total. The molecule has 1 aliphatic carbocycles. The van der Waals surface area contributed by atoms with E-state index in [1.165, 1.54) is 11.3 Å². The van der Waals surface area contributed by atoms with Crippen LogP contribution in [-0.4, -0.2) is 106 Å². The van der Waals surface area contributed by atoms with E-state index in [9.17, 15) is 24.0 Å². The molecular formula is C48H56N6O5S. The number of piperazine rings is 1. The van der Waals surface area contributed by atoms with Gasteiger partial charge in [0.1, 0.15) is 6.04 Å². The minimum absolute atomic E-state index is 0.124. The summed E-state index contributed by atoms with van der Waals surface area (Å²) in [5, 5.41) is 3.38. The molecule has 3 fully saturated rings. The number of ketones is 1. The number of rotatable bonds is 11. The topological polar surface area (TPSA) is 126 Å². The van der Waals surface area contributed by atoms with Crippen LogP contribution in [0.3, 0.4) is 0 Å². The molecular weight excluding hydrogens is 773 g/mol. The Bertz CT molecular complexity index is 2370. The summed E-state index contributed by atoms with van der Waals surface area (Å²) in [6.45, 7) is 12.4. The van der Waals surface area contributed by atoms with Crippen LogP contribution >= 0.6 is 11.8 Å². The molecule has 9 rings (SSSR count). The van der Waals surface area contributed by atoms with Gasteiger partial charge >= 0.3 is 0 Å². The first-order valence-electron chi connectivity index (χ1n) is 22.0. The van der Waals surface area contributed by atoms with Crippen molar-refractivity contribution in [1.29, 1.82) is 0 Å². The molecule has 4 aromatic rings. The number of aromatic amines is 1. The van der Waals surface area contributed by atoms with E-state index < -0.39 is 11.9 Å². The van der Waals surface area contributed by atoms with E-state index >= 15 is 0 Å². The van der Waals surface area contributed by atoms with Gasteiger partial charge in [0.15, 0.2) is 5.78 Å². The van der Waals surface area contributed by atoms with Gasteiger partial charge in [-0.3, -0.25) is 34.2 Å². The number of aryl methyl sites for hydroxylation is 1. The van der Waals surface area contributed by atoms with Crippen molar-refractivity contribution in [3.63, 3.8) is 0 Å². The highest BCUT2D eigenvalue weighted by Gasteiger charge is 2.42. The molecule has 0 radical (unpaired) electrons. The van der Waals surface area contributed by atoms with E-state index in [-0.39, 0.29) is 35.3 Å². The number of H-pyrrole nitrogens is 1. The van der Waals surface area contributed by atoms with Crippen molar-refractivity contribution in [3.05, 3.63) is 93.7 Å². The molecule has 0 saturated carbocycles. The Balaban J connectivity index is 0.720. The molecule has 3 aromatic carbocycles. The van der Waals surface area contributed by atoms with E-state index in [1.807, 2.05) is 30.3 Å². The number of unbranched alkanes of at least 4 members (excludes halogenated alkanes) is 2. The monoisotopic (exact) mass is 828 g/mol. The summed E-state index contributed by atoms with van der Waals surface area (Å²) in [6, 6.07) is 18.3. The van der Waals surface area contributed by atoms with E-state index in [1.54, 1.807) is 16.7 Å². The lowest BCUT2D eigenvalue weighted by molar-refractivity contribution is -0.137. The second-order valence-corrected chi connectivity index (χ2v) is 18.9. The molecule has 5 aliphatic rings. The minimum Gasteiger partial charge on any atom is -0.371 e. The van der Waals surface area contributed by atoms with E-state index in [0.717, 1.165) is 127 Å². The number of thioether (sulfide) groups is 1. The maximum atomic E-state index is 14.0. The maximum Gasteiger partial charge on any atom is 0.255 e. The molecule has 0 bridgehead atoms. The quantitative estimate of drug-likeness (QED) is 0.0959. The number of piperidine rings is 2. The fourth-order valence-corrected chi connectivity index (χ4v) is 11.5. The van der Waals surface area contributed by atoms with Gasteiger partial charge in [-0.1, -0.05) is 51.5 Å². The van der Waals surface area contributed by atoms with Gasteiger partial charge in [0.25, 0.3) is 5.91 Å². The number of para-hydroxylation sites is 1. The fraction of sp³-hybridized carbons (Fsp3) is 0.479. The third-order valence-corrected chi connectivity index (χ3v) is 15.1. The van der Waals surface area contributed by atoms with Gasteiger partial charge < -0.3 is 19.7 Å². The van der Waals surface area contributed by atoms with Crippen molar-refractivity contribution in [1.82, 2.24) is 25.0 Å². The summed E-state index contributed by atoms with van der Waals surface area (Å²) in [6.07, 6.45) is 7.03. The molecule has 314 valence electrons. The summed E-state index contributed by atoms with van der Waals surface area (Å²) in [5.74, 6) is 0.454. The first-order valence-corrected chi connectivity index (χ1v) is 23.0. The van der Waals surface area contributed by atoms with Gasteiger partial charge in [-0.05, 0) is 91.3 Å². The SMILES string of the molecule is CCc1cc2c(cc1N1CCC(N3CCN(C(=O)CCCCCSc4cccc5c4CN(C4CCC(=O)NC4=O)C5=O)CC3)CC1)C(C)(C)c1[nH]c3ccccc3c1C2=O. The maximum absolute atomic E-state index is 14.0. The normalized spacial score (nSPS) is 20.7. The third-order valence-electron chi connectivity index (χ3n) is 13.9. The average molecular weight is 829 g/mol. The lowest BCUT2D eigenvalue weighted by Gasteiger charge is -2.44. The highest BCUT2D eigenvalue weighted by atomic mass is 32.2. The van der Waals surface area contributed by atoms with Crippen LogP contribution in [0.25, 0.3) is 10.9 Å². The van der Waals surface area contributed by atoms with Crippen LogP contribution in [0.2, 0.25) is 0 Å². The van der Waals surface area contributed by atoms with Crippen LogP contribution in [0.4, 0.5) is 5.69 Å². The van der Waals surface area contributed by atoms with Crippen molar-refractivity contribution in [2.24, 2.45) is 0 Å². The number of amides is 4. The number of fused-ring (bicyclic) bond motifs is 5. The first kappa shape index (κ1) is 40.5. The average Bonchev–Trinajstić information content (AvgIpc) is 3.83. The Kier molecular flexibility index (Phi) is 11.1. The zero-order valence-corrected chi connectivity index (χ0v) is 35.9. The Morgan fingerprint density at radius 1 is 0.867 bits per heavy atom. The van der Waals surface area contributed by atoms with Crippen molar-refractivity contribution in [2.45, 2.75) is 107 Å². The Morgan fingerprint density at radius 2 is 1.65 bits per heavy atom.